The third-order valence-corrected chi connectivity index (χ3v) is 2.86. The fourth-order valence-corrected chi connectivity index (χ4v) is 1.55. The van der Waals surface area contributed by atoms with Crippen LogP contribution in [-0.2, 0) is 0 Å². The molecular formula is C9H9BrO3. The third-order valence-electron chi connectivity index (χ3n) is 2.03. The van der Waals surface area contributed by atoms with Gasteiger partial charge >= 0.3 is 5.97 Å². The van der Waals surface area contributed by atoms with Crippen molar-refractivity contribution < 1.29 is 15.0 Å². The predicted octanol–water partition coefficient (Wildman–Crippen LogP) is 2.47. The molecule has 1 aromatic carbocycles. The van der Waals surface area contributed by atoms with Crippen LogP contribution in [0.15, 0.2) is 10.5 Å². The van der Waals surface area contributed by atoms with Crippen molar-refractivity contribution in [2.24, 2.45) is 0 Å². The van der Waals surface area contributed by atoms with E-state index in [9.17, 15) is 9.90 Å². The lowest BCUT2D eigenvalue weighted by Crippen LogP contribution is -1.99. The van der Waals surface area contributed by atoms with Crippen LogP contribution in [0.2, 0.25) is 0 Å². The first-order valence-electron chi connectivity index (χ1n) is 3.67. The number of carbonyl (C=O) groups is 1. The summed E-state index contributed by atoms with van der Waals surface area (Å²) in [5.74, 6) is -1.28. The number of hydrogen-bond donors (Lipinski definition) is 2. The largest absolute Gasteiger partial charge is 0.507 e. The SMILES string of the molecule is Cc1c(Br)cc(C(=O)O)c(O)c1C. The van der Waals surface area contributed by atoms with Gasteiger partial charge < -0.3 is 10.2 Å². The predicted molar refractivity (Wildman–Crippen MR) is 52.2 cm³/mol. The van der Waals surface area contributed by atoms with Crippen LogP contribution < -0.4 is 0 Å². The lowest BCUT2D eigenvalue weighted by Gasteiger charge is -2.08. The Morgan fingerprint density at radius 1 is 1.38 bits per heavy atom. The first kappa shape index (κ1) is 10.1. The molecule has 1 aromatic rings. The zero-order valence-corrected chi connectivity index (χ0v) is 8.84. The maximum atomic E-state index is 10.7. The molecule has 13 heavy (non-hydrogen) atoms. The summed E-state index contributed by atoms with van der Waals surface area (Å²) in [5.41, 5.74) is 1.37. The molecule has 0 aliphatic carbocycles. The molecular weight excluding hydrogens is 236 g/mol. The van der Waals surface area contributed by atoms with E-state index in [2.05, 4.69) is 15.9 Å². The minimum Gasteiger partial charge on any atom is -0.507 e. The highest BCUT2D eigenvalue weighted by Crippen LogP contribution is 2.30. The second-order valence-corrected chi connectivity index (χ2v) is 3.66. The zero-order chi connectivity index (χ0) is 10.2. The highest BCUT2D eigenvalue weighted by molar-refractivity contribution is 9.10. The molecule has 2 N–H and O–H groups in total. The van der Waals surface area contributed by atoms with E-state index in [4.69, 9.17) is 5.11 Å². The average Bonchev–Trinajstić information content (AvgIpc) is 2.07. The number of carboxylic acids is 1. The summed E-state index contributed by atoms with van der Waals surface area (Å²) in [4.78, 5) is 10.7. The van der Waals surface area contributed by atoms with Gasteiger partial charge in [-0.1, -0.05) is 15.9 Å². The average molecular weight is 245 g/mol. The van der Waals surface area contributed by atoms with Crippen molar-refractivity contribution in [3.8, 4) is 5.75 Å². The molecule has 0 radical (unpaired) electrons. The minimum atomic E-state index is -1.12. The number of carboxylic acid groups (broad SMARTS) is 1. The van der Waals surface area contributed by atoms with Gasteiger partial charge in [-0.15, -0.1) is 0 Å². The van der Waals surface area contributed by atoms with Crippen molar-refractivity contribution in [2.75, 3.05) is 0 Å². The Bertz CT molecular complexity index is 372. The molecule has 0 aliphatic heterocycles. The van der Waals surface area contributed by atoms with E-state index >= 15 is 0 Å². The fraction of sp³-hybridized carbons (Fsp3) is 0.222. The lowest BCUT2D eigenvalue weighted by atomic mass is 10.0. The van der Waals surface area contributed by atoms with Gasteiger partial charge in [0.1, 0.15) is 11.3 Å². The summed E-state index contributed by atoms with van der Waals surface area (Å²) < 4.78 is 0.695. The van der Waals surface area contributed by atoms with E-state index in [1.54, 1.807) is 6.92 Å². The summed E-state index contributed by atoms with van der Waals surface area (Å²) in [6, 6.07) is 1.40. The van der Waals surface area contributed by atoms with Crippen molar-refractivity contribution >= 4 is 21.9 Å². The van der Waals surface area contributed by atoms with E-state index in [-0.39, 0.29) is 11.3 Å². The number of aromatic hydroxyl groups is 1. The van der Waals surface area contributed by atoms with Crippen LogP contribution in [-0.4, -0.2) is 16.2 Å². The second kappa shape index (κ2) is 3.38. The molecule has 1 rings (SSSR count). The summed E-state index contributed by atoms with van der Waals surface area (Å²) in [5, 5.41) is 18.2. The van der Waals surface area contributed by atoms with Crippen LogP contribution in [0.1, 0.15) is 21.5 Å². The van der Waals surface area contributed by atoms with E-state index in [1.807, 2.05) is 6.92 Å². The molecule has 0 atom stereocenters. The number of halogens is 1. The van der Waals surface area contributed by atoms with Crippen molar-refractivity contribution in [3.63, 3.8) is 0 Å². The van der Waals surface area contributed by atoms with Gasteiger partial charge in [-0.2, -0.15) is 0 Å². The summed E-state index contributed by atoms with van der Waals surface area (Å²) in [6.07, 6.45) is 0. The smallest absolute Gasteiger partial charge is 0.339 e. The van der Waals surface area contributed by atoms with Gasteiger partial charge in [0.15, 0.2) is 0 Å². The van der Waals surface area contributed by atoms with Crippen LogP contribution in [0, 0.1) is 13.8 Å². The number of hydrogen-bond acceptors (Lipinski definition) is 2. The van der Waals surface area contributed by atoms with Crippen molar-refractivity contribution in [1.29, 1.82) is 0 Å². The molecule has 0 bridgehead atoms. The minimum absolute atomic E-state index is 0.0741. The summed E-state index contributed by atoms with van der Waals surface area (Å²) in [7, 11) is 0. The molecule has 0 saturated carbocycles. The second-order valence-electron chi connectivity index (χ2n) is 2.81. The van der Waals surface area contributed by atoms with Crippen molar-refractivity contribution in [2.45, 2.75) is 13.8 Å². The highest BCUT2D eigenvalue weighted by Gasteiger charge is 2.15. The monoisotopic (exact) mass is 244 g/mol. The van der Waals surface area contributed by atoms with Gasteiger partial charge in [-0.25, -0.2) is 4.79 Å². The van der Waals surface area contributed by atoms with Gasteiger partial charge in [0, 0.05) is 4.47 Å². The molecule has 4 heteroatoms. The molecule has 0 fully saturated rings. The maximum Gasteiger partial charge on any atom is 0.339 e. The standard InChI is InChI=1S/C9H9BrO3/c1-4-5(2)8(11)6(9(12)13)3-7(4)10/h3,11H,1-2H3,(H,12,13). The van der Waals surface area contributed by atoms with Gasteiger partial charge in [-0.3, -0.25) is 0 Å². The molecule has 0 amide bonds. The maximum absolute atomic E-state index is 10.7. The number of benzene rings is 1. The van der Waals surface area contributed by atoms with Gasteiger partial charge in [0.2, 0.25) is 0 Å². The topological polar surface area (TPSA) is 57.5 Å². The Morgan fingerprint density at radius 3 is 2.38 bits per heavy atom. The molecule has 70 valence electrons. The van der Waals surface area contributed by atoms with Crippen LogP contribution >= 0.6 is 15.9 Å². The summed E-state index contributed by atoms with van der Waals surface area (Å²) >= 11 is 3.22. The first-order valence-corrected chi connectivity index (χ1v) is 4.46. The Balaban J connectivity index is 3.50. The van der Waals surface area contributed by atoms with Crippen LogP contribution in [0.4, 0.5) is 0 Å². The number of aromatic carboxylic acids is 1. The Morgan fingerprint density at radius 2 is 1.92 bits per heavy atom. The molecule has 0 aromatic heterocycles. The van der Waals surface area contributed by atoms with E-state index in [0.717, 1.165) is 5.56 Å². The third kappa shape index (κ3) is 1.67. The normalized spacial score (nSPS) is 10.1. The fourth-order valence-electron chi connectivity index (χ4n) is 1.03. The molecule has 0 heterocycles. The summed E-state index contributed by atoms with van der Waals surface area (Å²) in [6.45, 7) is 3.49. The zero-order valence-electron chi connectivity index (χ0n) is 7.26. The Labute approximate surface area is 84.1 Å². The van der Waals surface area contributed by atoms with E-state index in [1.165, 1.54) is 6.07 Å². The first-order chi connectivity index (χ1) is 5.95. The number of rotatable bonds is 1. The molecule has 0 unspecified atom stereocenters. The van der Waals surface area contributed by atoms with Gasteiger partial charge in [0.25, 0.3) is 0 Å². The van der Waals surface area contributed by atoms with Crippen LogP contribution in [0.5, 0.6) is 5.75 Å². The highest BCUT2D eigenvalue weighted by atomic mass is 79.9. The van der Waals surface area contributed by atoms with Gasteiger partial charge in [0.05, 0.1) is 0 Å². The quantitative estimate of drug-likeness (QED) is 0.798. The molecule has 0 spiro atoms. The van der Waals surface area contributed by atoms with Gasteiger partial charge in [-0.05, 0) is 31.0 Å². The molecule has 0 saturated heterocycles. The Hall–Kier alpha value is -1.03. The molecule has 0 aliphatic rings. The lowest BCUT2D eigenvalue weighted by molar-refractivity contribution is 0.0693. The number of phenols is 1. The van der Waals surface area contributed by atoms with E-state index < -0.39 is 5.97 Å². The molecule has 3 nitrogen and oxygen atoms in total. The van der Waals surface area contributed by atoms with Crippen LogP contribution in [0.3, 0.4) is 0 Å². The Kier molecular flexibility index (Phi) is 2.61. The van der Waals surface area contributed by atoms with E-state index in [0.29, 0.717) is 10.0 Å². The van der Waals surface area contributed by atoms with Crippen LogP contribution in [0.25, 0.3) is 0 Å². The van der Waals surface area contributed by atoms with Crippen molar-refractivity contribution in [3.05, 3.63) is 27.2 Å². The van der Waals surface area contributed by atoms with Crippen molar-refractivity contribution in [1.82, 2.24) is 0 Å².